The molecular formula is C16H15FeO3+. The number of hydrogen-bond donors (Lipinski definition) is 0. The van der Waals surface area contributed by atoms with E-state index in [-0.39, 0.29) is 17.1 Å². The average Bonchev–Trinajstić information content (AvgIpc) is 3.10. The summed E-state index contributed by atoms with van der Waals surface area (Å²) in [5.41, 5.74) is 0.839. The van der Waals surface area contributed by atoms with Crippen LogP contribution in [0, 0.1) is 25.1 Å². The molecule has 1 aliphatic rings. The van der Waals surface area contributed by atoms with E-state index in [1.807, 2.05) is 30.3 Å². The van der Waals surface area contributed by atoms with Gasteiger partial charge in [0.1, 0.15) is 0 Å². The molecule has 0 saturated heterocycles. The quantitative estimate of drug-likeness (QED) is 0.314. The van der Waals surface area contributed by atoms with Crippen molar-refractivity contribution in [3.8, 4) is 11.8 Å². The maximum absolute atomic E-state index is 9.68. The molecule has 104 valence electrons. The largest absolute Gasteiger partial charge is 2.00 e. The summed E-state index contributed by atoms with van der Waals surface area (Å²) in [4.78, 5) is 9.68. The zero-order valence-corrected chi connectivity index (χ0v) is 12.1. The fourth-order valence-corrected chi connectivity index (χ4v) is 1.50. The van der Waals surface area contributed by atoms with Crippen LogP contribution in [0.4, 0.5) is 0 Å². The van der Waals surface area contributed by atoms with E-state index in [1.54, 1.807) is 0 Å². The molecule has 3 nitrogen and oxygen atoms in total. The van der Waals surface area contributed by atoms with Crippen molar-refractivity contribution in [3.05, 3.63) is 49.2 Å². The first-order valence-corrected chi connectivity index (χ1v) is 5.77. The minimum Gasteiger partial charge on any atom is 2.00 e. The summed E-state index contributed by atoms with van der Waals surface area (Å²) in [7, 11) is 0. The Kier molecular flexibility index (Phi) is 26.6. The van der Waals surface area contributed by atoms with Crippen LogP contribution < -0.4 is 0 Å². The van der Waals surface area contributed by atoms with Gasteiger partial charge in [-0.2, -0.15) is 0 Å². The minimum absolute atomic E-state index is 0. The van der Waals surface area contributed by atoms with Gasteiger partial charge in [-0.1, -0.05) is 68.0 Å². The molecule has 1 fully saturated rings. The maximum Gasteiger partial charge on any atom is 2.00 e. The number of rotatable bonds is 0. The predicted molar refractivity (Wildman–Crippen MR) is 70.0 cm³/mol. The molecule has 0 radical (unpaired) electrons. The molecule has 0 spiro atoms. The van der Waals surface area contributed by atoms with E-state index in [0.717, 1.165) is 5.56 Å². The maximum atomic E-state index is 9.68. The number of hydrogen-bond acceptors (Lipinski definition) is 1. The van der Waals surface area contributed by atoms with Gasteiger partial charge < -0.3 is 4.79 Å². The van der Waals surface area contributed by atoms with Gasteiger partial charge >= 0.3 is 39.7 Å². The SMILES string of the molecule is C1CCCC1.O=[C-]C#Cc1ccccc1.[C-]#[O+].[C-]#[O+].[Fe+2]. The first-order valence-electron chi connectivity index (χ1n) is 5.77. The van der Waals surface area contributed by atoms with E-state index in [2.05, 4.69) is 25.1 Å². The third-order valence-electron chi connectivity index (χ3n) is 2.28. The van der Waals surface area contributed by atoms with Gasteiger partial charge in [-0.3, -0.25) is 11.8 Å². The Morgan fingerprint density at radius 2 is 1.30 bits per heavy atom. The second-order valence-electron chi connectivity index (χ2n) is 3.49. The molecule has 0 atom stereocenters. The van der Waals surface area contributed by atoms with Gasteiger partial charge in [-0.05, 0) is 0 Å². The van der Waals surface area contributed by atoms with Crippen molar-refractivity contribution in [2.45, 2.75) is 32.1 Å². The van der Waals surface area contributed by atoms with E-state index in [1.165, 1.54) is 38.4 Å². The third kappa shape index (κ3) is 16.4. The molecule has 1 saturated carbocycles. The van der Waals surface area contributed by atoms with Crippen molar-refractivity contribution >= 4 is 6.29 Å². The fraction of sp³-hybridized carbons (Fsp3) is 0.312. The first-order chi connectivity index (χ1) is 9.43. The van der Waals surface area contributed by atoms with Gasteiger partial charge in [0.15, 0.2) is 0 Å². The summed E-state index contributed by atoms with van der Waals surface area (Å²) in [6, 6.07) is 9.31. The fourth-order valence-electron chi connectivity index (χ4n) is 1.50. The summed E-state index contributed by atoms with van der Waals surface area (Å²) in [5, 5.41) is 0. The second kappa shape index (κ2) is 22.6. The van der Waals surface area contributed by atoms with Crippen LogP contribution in [0.25, 0.3) is 0 Å². The molecule has 2 rings (SSSR count). The molecule has 1 aromatic rings. The van der Waals surface area contributed by atoms with Gasteiger partial charge in [-0.15, -0.1) is 0 Å². The monoisotopic (exact) mass is 311 g/mol. The Balaban J connectivity index is -0.000000246. The summed E-state index contributed by atoms with van der Waals surface area (Å²) in [5.74, 6) is 4.83. The van der Waals surface area contributed by atoms with E-state index < -0.39 is 0 Å². The molecule has 0 unspecified atom stereocenters. The van der Waals surface area contributed by atoms with Crippen molar-refractivity contribution in [2.75, 3.05) is 0 Å². The predicted octanol–water partition coefficient (Wildman–Crippen LogP) is 3.02. The van der Waals surface area contributed by atoms with E-state index in [9.17, 15) is 4.79 Å². The zero-order valence-electron chi connectivity index (χ0n) is 11.0. The van der Waals surface area contributed by atoms with Crippen LogP contribution in [0.15, 0.2) is 30.3 Å². The molecule has 0 heterocycles. The topological polar surface area (TPSA) is 56.9 Å². The number of carbonyl (C=O) groups excluding carboxylic acids is 1. The van der Waals surface area contributed by atoms with Crippen LogP contribution in [0.5, 0.6) is 0 Å². The van der Waals surface area contributed by atoms with Gasteiger partial charge in [0.25, 0.3) is 0 Å². The molecular weight excluding hydrogens is 296 g/mol. The molecule has 1 aromatic carbocycles. The Hall–Kier alpha value is -1.55. The minimum atomic E-state index is 0. The van der Waals surface area contributed by atoms with Crippen LogP contribution in [0.2, 0.25) is 0 Å². The van der Waals surface area contributed by atoms with E-state index >= 15 is 0 Å². The Morgan fingerprint density at radius 1 is 0.900 bits per heavy atom. The van der Waals surface area contributed by atoms with Crippen molar-refractivity contribution in [3.63, 3.8) is 0 Å². The summed E-state index contributed by atoms with van der Waals surface area (Å²) < 4.78 is 15.0. The van der Waals surface area contributed by atoms with Gasteiger partial charge in [0.05, 0.1) is 0 Å². The second-order valence-corrected chi connectivity index (χ2v) is 3.49. The Labute approximate surface area is 131 Å². The van der Waals surface area contributed by atoms with Gasteiger partial charge in [0, 0.05) is 6.29 Å². The molecule has 4 heteroatoms. The van der Waals surface area contributed by atoms with Gasteiger partial charge in [0.2, 0.25) is 0 Å². The van der Waals surface area contributed by atoms with E-state index in [0.29, 0.717) is 0 Å². The normalized spacial score (nSPS) is 10.0. The van der Waals surface area contributed by atoms with Crippen LogP contribution >= 0.6 is 0 Å². The Bertz CT molecular complexity index is 395. The van der Waals surface area contributed by atoms with E-state index in [4.69, 9.17) is 9.30 Å². The van der Waals surface area contributed by atoms with Crippen molar-refractivity contribution in [1.82, 2.24) is 0 Å². The standard InChI is InChI=1S/C9H5O.C5H10.2CO.Fe/c10-8-4-7-9-5-2-1-3-6-9;1-2-4-5-3-1;2*1-2;/h1-3,5-6H;1-5H2;;;/q-1;;;;+2. The molecule has 0 aliphatic heterocycles. The molecule has 0 amide bonds. The van der Waals surface area contributed by atoms with Crippen LogP contribution in [0.1, 0.15) is 37.7 Å². The van der Waals surface area contributed by atoms with Gasteiger partial charge in [-0.25, -0.2) is 0 Å². The smallest absolute Gasteiger partial charge is 2.00 e. The summed E-state index contributed by atoms with van der Waals surface area (Å²) in [6.07, 6.45) is 9.01. The molecule has 1 aliphatic carbocycles. The third-order valence-corrected chi connectivity index (χ3v) is 2.28. The van der Waals surface area contributed by atoms with Crippen molar-refractivity contribution < 1.29 is 31.2 Å². The average molecular weight is 311 g/mol. The molecule has 0 bridgehead atoms. The molecule has 0 N–H and O–H groups in total. The summed E-state index contributed by atoms with van der Waals surface area (Å²) in [6.45, 7) is 9.00. The van der Waals surface area contributed by atoms with Crippen LogP contribution in [-0.4, -0.2) is 6.29 Å². The van der Waals surface area contributed by atoms with Crippen LogP contribution in [0.3, 0.4) is 0 Å². The van der Waals surface area contributed by atoms with Crippen molar-refractivity contribution in [1.29, 1.82) is 0 Å². The van der Waals surface area contributed by atoms with Crippen LogP contribution in [-0.2, 0) is 31.2 Å². The summed E-state index contributed by atoms with van der Waals surface area (Å²) >= 11 is 0. The first kappa shape index (κ1) is 23.5. The molecule has 20 heavy (non-hydrogen) atoms. The number of benzene rings is 1. The van der Waals surface area contributed by atoms with Crippen molar-refractivity contribution in [2.24, 2.45) is 0 Å². The molecule has 0 aromatic heterocycles. The zero-order chi connectivity index (χ0) is 14.8. The Morgan fingerprint density at radius 3 is 1.65 bits per heavy atom.